The van der Waals surface area contributed by atoms with Gasteiger partial charge in [-0.3, -0.25) is 4.79 Å². The lowest BCUT2D eigenvalue weighted by molar-refractivity contribution is -0.137. The number of rotatable bonds is 4. The topological polar surface area (TPSA) is 86.1 Å². The number of azide groups is 1. The monoisotopic (exact) mass is 161 g/mol. The molecule has 1 atom stereocenters. The van der Waals surface area contributed by atoms with Gasteiger partial charge in [0.05, 0.1) is 0 Å². The fourth-order valence-electron chi connectivity index (χ4n) is 0.374. The van der Waals surface area contributed by atoms with E-state index in [9.17, 15) is 4.79 Å². The zero-order valence-corrected chi connectivity index (χ0v) is 6.21. The Morgan fingerprint density at radius 2 is 2.60 bits per heavy atom. The van der Waals surface area contributed by atoms with Gasteiger partial charge in [-0.25, -0.2) is 0 Å². The molecule has 5 nitrogen and oxygen atoms in total. The molecule has 0 amide bonds. The van der Waals surface area contributed by atoms with Gasteiger partial charge in [-0.15, -0.1) is 0 Å². The van der Waals surface area contributed by atoms with Crippen LogP contribution in [-0.2, 0) is 4.79 Å². The van der Waals surface area contributed by atoms with Crippen LogP contribution in [0, 0.1) is 0 Å². The molecule has 0 aliphatic rings. The van der Waals surface area contributed by atoms with Crippen molar-refractivity contribution in [3.05, 3.63) is 10.4 Å². The van der Waals surface area contributed by atoms with Crippen molar-refractivity contribution in [3.8, 4) is 0 Å². The maximum Gasteiger partial charge on any atom is 0.313 e. The summed E-state index contributed by atoms with van der Waals surface area (Å²) in [7, 11) is 0. The Labute approximate surface area is 62.0 Å². The average Bonchev–Trinajstić information content (AvgIpc) is 1.87. The third kappa shape index (κ3) is 3.21. The molecule has 0 saturated heterocycles. The minimum atomic E-state index is -1.08. The van der Waals surface area contributed by atoms with Crippen molar-refractivity contribution in [2.45, 2.75) is 6.04 Å². The first-order valence-corrected chi connectivity index (χ1v) is 3.87. The molecule has 0 rings (SSSR count). The number of thioether (sulfide) groups is 1. The highest BCUT2D eigenvalue weighted by Crippen LogP contribution is 2.01. The summed E-state index contributed by atoms with van der Waals surface area (Å²) >= 11 is 1.33. The van der Waals surface area contributed by atoms with Gasteiger partial charge in [0.1, 0.15) is 6.04 Å². The minimum absolute atomic E-state index is 0.319. The molecular formula is C4H7N3O2S. The maximum atomic E-state index is 10.2. The predicted molar refractivity (Wildman–Crippen MR) is 39.0 cm³/mol. The first kappa shape index (κ1) is 9.13. The first-order valence-electron chi connectivity index (χ1n) is 2.48. The summed E-state index contributed by atoms with van der Waals surface area (Å²) in [6.07, 6.45) is 1.75. The number of hydrogen-bond acceptors (Lipinski definition) is 3. The molecule has 1 N–H and O–H groups in total. The van der Waals surface area contributed by atoms with E-state index in [2.05, 4.69) is 10.0 Å². The Morgan fingerprint density at radius 3 is 2.90 bits per heavy atom. The van der Waals surface area contributed by atoms with E-state index in [0.29, 0.717) is 5.75 Å². The molecule has 6 heteroatoms. The van der Waals surface area contributed by atoms with Crippen LogP contribution >= 0.6 is 11.8 Å². The number of hydrogen-bond donors (Lipinski definition) is 1. The van der Waals surface area contributed by atoms with E-state index in [0.717, 1.165) is 0 Å². The van der Waals surface area contributed by atoms with Gasteiger partial charge in [0.2, 0.25) is 0 Å². The summed E-state index contributed by atoms with van der Waals surface area (Å²) in [6, 6.07) is -0.931. The summed E-state index contributed by atoms with van der Waals surface area (Å²) < 4.78 is 0. The first-order chi connectivity index (χ1) is 4.72. The summed E-state index contributed by atoms with van der Waals surface area (Å²) in [5.74, 6) is -0.758. The van der Waals surface area contributed by atoms with Crippen LogP contribution in [0.4, 0.5) is 0 Å². The molecule has 0 spiro atoms. The second-order valence-corrected chi connectivity index (χ2v) is 2.42. The molecule has 0 radical (unpaired) electrons. The predicted octanol–water partition coefficient (Wildman–Crippen LogP) is 1.11. The highest BCUT2D eigenvalue weighted by molar-refractivity contribution is 7.98. The Balaban J connectivity index is 3.97. The van der Waals surface area contributed by atoms with Gasteiger partial charge in [0.25, 0.3) is 0 Å². The van der Waals surface area contributed by atoms with Crippen LogP contribution < -0.4 is 0 Å². The Bertz CT molecular complexity index is 164. The van der Waals surface area contributed by atoms with Gasteiger partial charge in [-0.05, 0) is 11.8 Å². The van der Waals surface area contributed by atoms with E-state index in [4.69, 9.17) is 10.6 Å². The number of aliphatic carboxylic acids is 1. The van der Waals surface area contributed by atoms with Crippen molar-refractivity contribution in [2.75, 3.05) is 12.0 Å². The molecule has 0 aromatic rings. The van der Waals surface area contributed by atoms with Crippen LogP contribution in [0.25, 0.3) is 10.4 Å². The molecule has 56 valence electrons. The molecule has 0 fully saturated rings. The SMILES string of the molecule is CSCC(N=[N+]=[N-])C(=O)O. The van der Waals surface area contributed by atoms with Crippen LogP contribution in [0.15, 0.2) is 5.11 Å². The lowest BCUT2D eigenvalue weighted by Crippen LogP contribution is -2.19. The van der Waals surface area contributed by atoms with Crippen molar-refractivity contribution in [3.63, 3.8) is 0 Å². The van der Waals surface area contributed by atoms with Crippen molar-refractivity contribution >= 4 is 17.7 Å². The fourth-order valence-corrected chi connectivity index (χ4v) is 0.899. The van der Waals surface area contributed by atoms with E-state index in [1.165, 1.54) is 11.8 Å². The normalized spacial score (nSPS) is 11.7. The Kier molecular flexibility index (Phi) is 4.53. The molecule has 0 saturated carbocycles. The van der Waals surface area contributed by atoms with Crippen LogP contribution in [0.1, 0.15) is 0 Å². The standard InChI is InChI=1S/C4H7N3O2S/c1-10-2-3(4(8)9)6-7-5/h3H,2H2,1H3,(H,8,9). The number of carboxylic acids is 1. The van der Waals surface area contributed by atoms with Crippen molar-refractivity contribution in [1.29, 1.82) is 0 Å². The number of nitrogens with zero attached hydrogens (tertiary/aromatic N) is 3. The van der Waals surface area contributed by atoms with Gasteiger partial charge >= 0.3 is 5.97 Å². The van der Waals surface area contributed by atoms with Crippen LogP contribution in [-0.4, -0.2) is 29.1 Å². The van der Waals surface area contributed by atoms with Crippen LogP contribution in [0.2, 0.25) is 0 Å². The molecule has 0 bridgehead atoms. The second kappa shape index (κ2) is 4.96. The molecule has 0 aromatic heterocycles. The van der Waals surface area contributed by atoms with Crippen molar-refractivity contribution in [2.24, 2.45) is 5.11 Å². The minimum Gasteiger partial charge on any atom is -0.481 e. The molecule has 0 aliphatic heterocycles. The van der Waals surface area contributed by atoms with Gasteiger partial charge < -0.3 is 5.11 Å². The number of carbonyl (C=O) groups is 1. The summed E-state index contributed by atoms with van der Waals surface area (Å²) in [5.41, 5.74) is 7.90. The van der Waals surface area contributed by atoms with Crippen molar-refractivity contribution in [1.82, 2.24) is 0 Å². The zero-order valence-electron chi connectivity index (χ0n) is 5.39. The van der Waals surface area contributed by atoms with Gasteiger partial charge in [-0.2, -0.15) is 11.8 Å². The highest BCUT2D eigenvalue weighted by atomic mass is 32.2. The molecular weight excluding hydrogens is 154 g/mol. The average molecular weight is 161 g/mol. The third-order valence-electron chi connectivity index (χ3n) is 0.801. The summed E-state index contributed by atoms with van der Waals surface area (Å²) in [5, 5.41) is 11.4. The Morgan fingerprint density at radius 1 is 2.00 bits per heavy atom. The van der Waals surface area contributed by atoms with E-state index < -0.39 is 12.0 Å². The summed E-state index contributed by atoms with van der Waals surface area (Å²) in [4.78, 5) is 12.6. The molecule has 0 aliphatic carbocycles. The molecule has 1 unspecified atom stereocenters. The highest BCUT2D eigenvalue weighted by Gasteiger charge is 2.13. The fraction of sp³-hybridized carbons (Fsp3) is 0.750. The van der Waals surface area contributed by atoms with Crippen molar-refractivity contribution < 1.29 is 9.90 Å². The Hall–Kier alpha value is -0.870. The zero-order chi connectivity index (χ0) is 7.98. The molecule has 10 heavy (non-hydrogen) atoms. The van der Waals surface area contributed by atoms with Crippen LogP contribution in [0.5, 0.6) is 0 Å². The van der Waals surface area contributed by atoms with E-state index >= 15 is 0 Å². The largest absolute Gasteiger partial charge is 0.481 e. The van der Waals surface area contributed by atoms with E-state index in [1.807, 2.05) is 0 Å². The van der Waals surface area contributed by atoms with Gasteiger partial charge in [-0.1, -0.05) is 5.11 Å². The maximum absolute atomic E-state index is 10.2. The lowest BCUT2D eigenvalue weighted by atomic mass is 10.4. The van der Waals surface area contributed by atoms with E-state index in [1.54, 1.807) is 6.26 Å². The van der Waals surface area contributed by atoms with Gasteiger partial charge in [0.15, 0.2) is 0 Å². The van der Waals surface area contributed by atoms with E-state index in [-0.39, 0.29) is 0 Å². The second-order valence-electron chi connectivity index (χ2n) is 1.51. The quantitative estimate of drug-likeness (QED) is 0.380. The summed E-state index contributed by atoms with van der Waals surface area (Å²) in [6.45, 7) is 0. The molecule has 0 aromatic carbocycles. The van der Waals surface area contributed by atoms with Gasteiger partial charge in [0, 0.05) is 10.7 Å². The molecule has 0 heterocycles. The number of carboxylic acid groups (broad SMARTS) is 1. The smallest absolute Gasteiger partial charge is 0.313 e. The van der Waals surface area contributed by atoms with Crippen LogP contribution in [0.3, 0.4) is 0 Å². The lowest BCUT2D eigenvalue weighted by Gasteiger charge is -2.00. The third-order valence-corrected chi connectivity index (χ3v) is 1.45.